The number of carbonyl (C=O) groups is 8. The summed E-state index contributed by atoms with van der Waals surface area (Å²) in [6.07, 6.45) is 1.20. The summed E-state index contributed by atoms with van der Waals surface area (Å²) in [5, 5.41) is 47.8. The van der Waals surface area contributed by atoms with E-state index in [9.17, 15) is 48.6 Å². The Kier molecular flexibility index (Phi) is 21.0. The lowest BCUT2D eigenvalue weighted by Gasteiger charge is -2.31. The maximum Gasteiger partial charge on any atom is 0.246 e. The van der Waals surface area contributed by atoms with Crippen LogP contribution in [-0.2, 0) is 51.2 Å². The van der Waals surface area contributed by atoms with Crippen LogP contribution in [0.3, 0.4) is 0 Å². The number of aliphatic hydroxyl groups excluding tert-OH is 1. The Labute approximate surface area is 391 Å². The largest absolute Gasteiger partial charge is 0.508 e. The number of nitrogens with zero attached hydrogens (tertiary/aromatic N) is 1. The maximum absolute atomic E-state index is 14.4. The Hall–Kier alpha value is -5.94. The SMILES string of the molecule is CC(C)[C@@H]1NC(=O)[C@H](Cc2cccs2)NC(=O)[C@H](Cc2ccc(O)cc2)NC(=O)CCCSC[C@@H](C(=O)N2CCC[C@H]2C(=O)N[C@@H](CO)CCCNC(=N)N)NC(=O)[C@H](CC(N)=O)NC1=O. The number of carbonyl (C=O) groups excluding carboxylic acids is 8. The van der Waals surface area contributed by atoms with Gasteiger partial charge in [0.15, 0.2) is 5.96 Å². The maximum atomic E-state index is 14.4. The molecule has 0 unspecified atom stereocenters. The number of rotatable bonds is 15. The van der Waals surface area contributed by atoms with Crippen molar-refractivity contribution in [1.82, 2.24) is 42.1 Å². The van der Waals surface area contributed by atoms with Crippen molar-refractivity contribution in [3.63, 3.8) is 0 Å². The summed E-state index contributed by atoms with van der Waals surface area (Å²) in [6, 6.07) is 1.49. The van der Waals surface area contributed by atoms with Crippen LogP contribution < -0.4 is 48.7 Å². The van der Waals surface area contributed by atoms with Gasteiger partial charge in [-0.05, 0) is 72.9 Å². The van der Waals surface area contributed by atoms with Crippen molar-refractivity contribution in [2.45, 2.75) is 114 Å². The predicted molar refractivity (Wildman–Crippen MR) is 248 cm³/mol. The summed E-state index contributed by atoms with van der Waals surface area (Å²) in [5.74, 6) is -6.26. The molecular weight excluding hydrogens is 895 g/mol. The van der Waals surface area contributed by atoms with Crippen molar-refractivity contribution in [2.24, 2.45) is 17.4 Å². The molecule has 2 saturated heterocycles. The average Bonchev–Trinajstić information content (AvgIpc) is 3.98. The first-order chi connectivity index (χ1) is 31.4. The van der Waals surface area contributed by atoms with Crippen molar-refractivity contribution >= 4 is 76.3 Å². The number of nitrogens with two attached hydrogens (primary N) is 2. The molecule has 0 aliphatic carbocycles. The number of primary amides is 1. The Morgan fingerprint density at radius 3 is 2.23 bits per heavy atom. The van der Waals surface area contributed by atoms with Gasteiger partial charge in [-0.2, -0.15) is 11.8 Å². The van der Waals surface area contributed by atoms with Crippen LogP contribution in [0, 0.1) is 11.3 Å². The first-order valence-corrected chi connectivity index (χ1v) is 24.0. The first-order valence-electron chi connectivity index (χ1n) is 21.9. The van der Waals surface area contributed by atoms with E-state index in [1.54, 1.807) is 43.5 Å². The summed E-state index contributed by atoms with van der Waals surface area (Å²) in [4.78, 5) is 112. The number of aromatic hydroxyl groups is 1. The van der Waals surface area contributed by atoms with E-state index < -0.39 is 102 Å². The minimum Gasteiger partial charge on any atom is -0.508 e. The summed E-state index contributed by atoms with van der Waals surface area (Å²) in [7, 11) is 0. The Bertz CT molecular complexity index is 2010. The van der Waals surface area contributed by atoms with Crippen LogP contribution in [0.1, 0.15) is 69.2 Å². The molecule has 0 bridgehead atoms. The average molecular weight is 958 g/mol. The standard InChI is InChI=1S/C43H63N11O10S2/c1-24(2)36-41(63)51-31(21-34(44)57)38(60)52-32(42(64)54-16-4-9-33(54)40(62)48-26(22-55)7-3-15-47-43(45)46)23-65-17-6-10-35(58)49-29(19-25-11-13-27(56)14-12-25)37(59)50-30(39(61)53-36)20-28-8-5-18-66-28/h5,8,11-14,18,24,26,29-33,36,55-56H,3-4,6-7,9-10,15-17,19-23H2,1-2H3,(H2,44,57)(H,48,62)(H,49,58)(H,50,59)(H,51,63)(H,52,60)(H,53,61)(H4,45,46,47)/t26-,29+,30+,31+,32+,33+,36+/m1/s1. The normalized spacial score (nSPS) is 23.3. The summed E-state index contributed by atoms with van der Waals surface area (Å²) < 4.78 is 0. The van der Waals surface area contributed by atoms with Gasteiger partial charge in [0.1, 0.15) is 42.0 Å². The molecule has 1 aromatic carbocycles. The highest BCUT2D eigenvalue weighted by atomic mass is 32.2. The number of nitrogens with one attached hydrogen (secondary N) is 8. The van der Waals surface area contributed by atoms with E-state index in [-0.39, 0.29) is 56.3 Å². The fourth-order valence-corrected chi connectivity index (χ4v) is 9.21. The molecule has 8 amide bonds. The number of guanidine groups is 1. The molecule has 2 aliphatic heterocycles. The second kappa shape index (κ2) is 26.3. The van der Waals surface area contributed by atoms with Crippen LogP contribution in [0.15, 0.2) is 41.8 Å². The fraction of sp³-hybridized carbons (Fsp3) is 0.558. The topological polar surface area (TPSA) is 340 Å². The first kappa shape index (κ1) is 52.7. The molecule has 0 spiro atoms. The van der Waals surface area contributed by atoms with Gasteiger partial charge < -0.3 is 63.8 Å². The van der Waals surface area contributed by atoms with Crippen LogP contribution in [0.25, 0.3) is 0 Å². The van der Waals surface area contributed by atoms with Gasteiger partial charge in [-0.1, -0.05) is 32.0 Å². The smallest absolute Gasteiger partial charge is 0.246 e. The zero-order valence-corrected chi connectivity index (χ0v) is 38.8. The van der Waals surface area contributed by atoms with Crippen molar-refractivity contribution < 1.29 is 48.6 Å². The molecule has 2 aliphatic rings. The summed E-state index contributed by atoms with van der Waals surface area (Å²) >= 11 is 2.58. The van der Waals surface area contributed by atoms with Crippen LogP contribution in [0.5, 0.6) is 5.75 Å². The summed E-state index contributed by atoms with van der Waals surface area (Å²) in [6.45, 7) is 3.43. The molecule has 2 aromatic rings. The molecule has 66 heavy (non-hydrogen) atoms. The third-order valence-electron chi connectivity index (χ3n) is 11.0. The lowest BCUT2D eigenvalue weighted by atomic mass is 10.0. The zero-order chi connectivity index (χ0) is 48.3. The van der Waals surface area contributed by atoms with E-state index in [0.717, 1.165) is 4.88 Å². The molecule has 21 nitrogen and oxygen atoms in total. The van der Waals surface area contributed by atoms with E-state index in [1.165, 1.54) is 40.1 Å². The van der Waals surface area contributed by atoms with Gasteiger partial charge in [0.25, 0.3) is 0 Å². The minimum absolute atomic E-state index is 0.00609. The Balaban J connectivity index is 1.63. The molecule has 3 heterocycles. The van der Waals surface area contributed by atoms with Crippen LogP contribution in [0.2, 0.25) is 0 Å². The lowest BCUT2D eigenvalue weighted by Crippen LogP contribution is -2.61. The highest BCUT2D eigenvalue weighted by Crippen LogP contribution is 2.21. The molecule has 0 radical (unpaired) electrons. The van der Waals surface area contributed by atoms with Crippen molar-refractivity contribution in [2.75, 3.05) is 31.2 Å². The van der Waals surface area contributed by atoms with Gasteiger partial charge in [-0.15, -0.1) is 11.3 Å². The lowest BCUT2D eigenvalue weighted by molar-refractivity contribution is -0.142. The quantitative estimate of drug-likeness (QED) is 0.0548. The van der Waals surface area contributed by atoms with Crippen molar-refractivity contribution in [3.8, 4) is 5.75 Å². The fourth-order valence-electron chi connectivity index (χ4n) is 7.48. The number of thiophene rings is 1. The monoisotopic (exact) mass is 957 g/mol. The van der Waals surface area contributed by atoms with Crippen molar-refractivity contribution in [1.29, 1.82) is 5.41 Å². The van der Waals surface area contributed by atoms with Gasteiger partial charge in [-0.25, -0.2) is 0 Å². The van der Waals surface area contributed by atoms with Crippen LogP contribution >= 0.6 is 23.1 Å². The molecule has 7 atom stereocenters. The number of phenols is 1. The molecule has 14 N–H and O–H groups in total. The zero-order valence-electron chi connectivity index (χ0n) is 37.1. The Morgan fingerprint density at radius 2 is 1.58 bits per heavy atom. The summed E-state index contributed by atoms with van der Waals surface area (Å²) in [5.41, 5.74) is 11.5. The van der Waals surface area contributed by atoms with Gasteiger partial charge in [0.05, 0.1) is 19.1 Å². The second-order valence-corrected chi connectivity index (χ2v) is 18.8. The van der Waals surface area contributed by atoms with Crippen LogP contribution in [-0.4, -0.2) is 142 Å². The van der Waals surface area contributed by atoms with Gasteiger partial charge in [0.2, 0.25) is 47.3 Å². The minimum atomic E-state index is -1.59. The van der Waals surface area contributed by atoms with E-state index in [0.29, 0.717) is 43.5 Å². The number of phenolic OH excluding ortho intramolecular Hbond substituents is 1. The van der Waals surface area contributed by atoms with Crippen molar-refractivity contribution in [3.05, 3.63) is 52.2 Å². The van der Waals surface area contributed by atoms with Crippen LogP contribution in [0.4, 0.5) is 0 Å². The molecule has 1 aromatic heterocycles. The number of benzene rings is 1. The predicted octanol–water partition coefficient (Wildman–Crippen LogP) is -1.55. The molecule has 0 saturated carbocycles. The van der Waals surface area contributed by atoms with Gasteiger partial charge >= 0.3 is 0 Å². The number of amides is 8. The highest BCUT2D eigenvalue weighted by molar-refractivity contribution is 7.99. The second-order valence-electron chi connectivity index (χ2n) is 16.6. The molecule has 362 valence electrons. The van der Waals surface area contributed by atoms with E-state index in [1.807, 2.05) is 0 Å². The van der Waals surface area contributed by atoms with Gasteiger partial charge in [-0.3, -0.25) is 43.8 Å². The molecule has 4 rings (SSSR count). The van der Waals surface area contributed by atoms with E-state index >= 15 is 0 Å². The van der Waals surface area contributed by atoms with E-state index in [2.05, 4.69) is 37.2 Å². The van der Waals surface area contributed by atoms with E-state index in [4.69, 9.17) is 16.9 Å². The number of likely N-dealkylation sites (tertiary alicyclic amines) is 1. The number of thioether (sulfide) groups is 1. The molecule has 2 fully saturated rings. The third-order valence-corrected chi connectivity index (χ3v) is 13.0. The third kappa shape index (κ3) is 16.8. The number of hydrogen-bond acceptors (Lipinski definition) is 13. The van der Waals surface area contributed by atoms with Gasteiger partial charge in [0, 0.05) is 43.0 Å². The Morgan fingerprint density at radius 1 is 0.894 bits per heavy atom. The molecule has 23 heteroatoms. The highest BCUT2D eigenvalue weighted by Gasteiger charge is 2.40. The molecular formula is C43H63N11O10S2. The number of aliphatic hydroxyl groups is 1. The number of hydrogen-bond donors (Lipinski definition) is 12.